The largest absolute Gasteiger partial charge is 0.480 e. The molecule has 0 aliphatic carbocycles. The Bertz CT molecular complexity index is 1480. The van der Waals surface area contributed by atoms with E-state index in [-0.39, 0.29) is 23.7 Å². The van der Waals surface area contributed by atoms with Crippen LogP contribution < -0.4 is 15.2 Å². The third kappa shape index (κ3) is 4.53. The van der Waals surface area contributed by atoms with Gasteiger partial charge in [-0.25, -0.2) is 19.3 Å². The minimum atomic E-state index is -0.490. The van der Waals surface area contributed by atoms with E-state index in [9.17, 15) is 9.18 Å². The molecule has 1 aliphatic heterocycles. The number of amides is 1. The molecule has 9 nitrogen and oxygen atoms in total. The van der Waals surface area contributed by atoms with Crippen molar-refractivity contribution in [1.29, 1.82) is 0 Å². The summed E-state index contributed by atoms with van der Waals surface area (Å²) in [7, 11) is 2.92. The molecule has 1 atom stereocenters. The molecule has 0 saturated carbocycles. The van der Waals surface area contributed by atoms with Crippen LogP contribution in [-0.4, -0.2) is 45.0 Å². The van der Waals surface area contributed by atoms with E-state index in [1.54, 1.807) is 17.9 Å². The Hall–Kier alpha value is -4.60. The van der Waals surface area contributed by atoms with E-state index in [0.29, 0.717) is 46.6 Å². The van der Waals surface area contributed by atoms with Gasteiger partial charge in [-0.15, -0.1) is 0 Å². The lowest BCUT2D eigenvalue weighted by molar-refractivity contribution is 0.0625. The zero-order chi connectivity index (χ0) is 26.1. The fourth-order valence-corrected chi connectivity index (χ4v) is 4.74. The van der Waals surface area contributed by atoms with Crippen LogP contribution in [0.25, 0.3) is 11.1 Å². The van der Waals surface area contributed by atoms with Crippen LogP contribution in [0.3, 0.4) is 0 Å². The summed E-state index contributed by atoms with van der Waals surface area (Å²) in [6, 6.07) is 13.7. The number of nitrogens with zero attached hydrogens (tertiary/aromatic N) is 5. The molecule has 1 amide bonds. The number of methoxy groups -OCH3 is 2. The van der Waals surface area contributed by atoms with Crippen molar-refractivity contribution in [2.24, 2.45) is 0 Å². The number of ether oxygens (including phenoxy) is 2. The van der Waals surface area contributed by atoms with Gasteiger partial charge >= 0.3 is 6.01 Å². The van der Waals surface area contributed by atoms with Gasteiger partial charge in [0.2, 0.25) is 11.8 Å². The third-order valence-electron chi connectivity index (χ3n) is 6.39. The standard InChI is InChI=1S/C27H25FN6O3/c1-15-23-21(32-26(29)31-15)12-22(34(25(23)35)14-16-7-5-4-6-8-16)18-10-9-17(28)11-19(18)20-13-30-27(37-3)33-24(20)36-2/h4-11,13,22H,12,14H2,1-3H3,(H2,29,31,32)/t22-/m1/s1. The molecule has 2 N–H and O–H groups in total. The maximum atomic E-state index is 14.6. The number of halogens is 1. The number of aromatic nitrogens is 4. The molecule has 0 saturated heterocycles. The summed E-state index contributed by atoms with van der Waals surface area (Å²) in [5, 5.41) is 0. The van der Waals surface area contributed by atoms with Gasteiger partial charge < -0.3 is 20.1 Å². The second-order valence-electron chi connectivity index (χ2n) is 8.64. The number of hydrogen-bond acceptors (Lipinski definition) is 8. The average Bonchev–Trinajstić information content (AvgIpc) is 2.90. The van der Waals surface area contributed by atoms with Gasteiger partial charge in [-0.1, -0.05) is 36.4 Å². The summed E-state index contributed by atoms with van der Waals surface area (Å²) in [5.74, 6) is -0.348. The van der Waals surface area contributed by atoms with Gasteiger partial charge in [0.1, 0.15) is 5.82 Å². The highest BCUT2D eigenvalue weighted by atomic mass is 19.1. The number of fused-ring (bicyclic) bond motifs is 1. The lowest BCUT2D eigenvalue weighted by Crippen LogP contribution is -2.41. The Kier molecular flexibility index (Phi) is 6.39. The van der Waals surface area contributed by atoms with Crippen molar-refractivity contribution in [2.75, 3.05) is 20.0 Å². The molecule has 3 heterocycles. The van der Waals surface area contributed by atoms with Crippen molar-refractivity contribution < 1.29 is 18.7 Å². The van der Waals surface area contributed by atoms with Crippen LogP contribution >= 0.6 is 0 Å². The van der Waals surface area contributed by atoms with Crippen molar-refractivity contribution in [3.8, 4) is 23.0 Å². The first kappa shape index (κ1) is 24.1. The summed E-state index contributed by atoms with van der Waals surface area (Å²) in [5.41, 5.74) is 10.1. The molecule has 5 rings (SSSR count). The monoisotopic (exact) mass is 500 g/mol. The normalized spacial score (nSPS) is 14.9. The maximum absolute atomic E-state index is 14.6. The molecule has 10 heteroatoms. The number of anilines is 1. The Balaban J connectivity index is 1.70. The number of carbonyl (C=O) groups excluding carboxylic acids is 1. The van der Waals surface area contributed by atoms with E-state index >= 15 is 0 Å². The smallest absolute Gasteiger partial charge is 0.319 e. The predicted octanol–water partition coefficient (Wildman–Crippen LogP) is 3.92. The summed E-state index contributed by atoms with van der Waals surface area (Å²) < 4.78 is 25.2. The number of aryl methyl sites for hydroxylation is 1. The van der Waals surface area contributed by atoms with Gasteiger partial charge in [-0.05, 0) is 35.7 Å². The second kappa shape index (κ2) is 9.81. The highest BCUT2D eigenvalue weighted by Gasteiger charge is 2.37. The SMILES string of the molecule is COc1ncc(-c2cc(F)ccc2[C@H]2Cc3nc(N)nc(C)c3C(=O)N2Cc2ccccc2)c(OC)n1. The fourth-order valence-electron chi connectivity index (χ4n) is 4.74. The average molecular weight is 501 g/mol. The molecule has 2 aromatic heterocycles. The molecule has 0 fully saturated rings. The van der Waals surface area contributed by atoms with Crippen molar-refractivity contribution in [3.63, 3.8) is 0 Å². The van der Waals surface area contributed by atoms with Crippen LogP contribution in [0.5, 0.6) is 11.9 Å². The molecule has 0 spiro atoms. The number of rotatable bonds is 6. The zero-order valence-corrected chi connectivity index (χ0v) is 20.6. The minimum absolute atomic E-state index is 0.101. The van der Waals surface area contributed by atoms with Crippen LogP contribution in [0.4, 0.5) is 10.3 Å². The maximum Gasteiger partial charge on any atom is 0.319 e. The van der Waals surface area contributed by atoms with Gasteiger partial charge in [-0.3, -0.25) is 4.79 Å². The van der Waals surface area contributed by atoms with E-state index in [4.69, 9.17) is 15.2 Å². The van der Waals surface area contributed by atoms with Crippen molar-refractivity contribution in [1.82, 2.24) is 24.8 Å². The second-order valence-corrected chi connectivity index (χ2v) is 8.64. The third-order valence-corrected chi connectivity index (χ3v) is 6.39. The van der Waals surface area contributed by atoms with Crippen LogP contribution in [0.1, 0.15) is 38.9 Å². The van der Waals surface area contributed by atoms with Crippen molar-refractivity contribution in [2.45, 2.75) is 25.9 Å². The van der Waals surface area contributed by atoms with Crippen LogP contribution in [0.2, 0.25) is 0 Å². The Morgan fingerprint density at radius 2 is 1.84 bits per heavy atom. The summed E-state index contributed by atoms with van der Waals surface area (Å²) in [6.45, 7) is 2.08. The number of benzene rings is 2. The highest BCUT2D eigenvalue weighted by Crippen LogP contribution is 2.41. The van der Waals surface area contributed by atoms with Gasteiger partial charge in [0, 0.05) is 19.2 Å². The first-order valence-corrected chi connectivity index (χ1v) is 11.6. The van der Waals surface area contributed by atoms with E-state index in [1.807, 2.05) is 30.3 Å². The number of hydrogen-bond donors (Lipinski definition) is 1. The number of carbonyl (C=O) groups is 1. The molecule has 1 aliphatic rings. The lowest BCUT2D eigenvalue weighted by atomic mass is 9.87. The van der Waals surface area contributed by atoms with Crippen LogP contribution in [0.15, 0.2) is 54.7 Å². The fraction of sp³-hybridized carbons (Fsp3) is 0.222. The zero-order valence-electron chi connectivity index (χ0n) is 20.6. The van der Waals surface area contributed by atoms with Crippen LogP contribution in [-0.2, 0) is 13.0 Å². The molecular formula is C27H25FN6O3. The molecule has 0 bridgehead atoms. The molecule has 37 heavy (non-hydrogen) atoms. The molecule has 0 unspecified atom stereocenters. The predicted molar refractivity (Wildman–Crippen MR) is 134 cm³/mol. The van der Waals surface area contributed by atoms with Crippen molar-refractivity contribution >= 4 is 11.9 Å². The van der Waals surface area contributed by atoms with Gasteiger partial charge in [-0.2, -0.15) is 4.98 Å². The first-order valence-electron chi connectivity index (χ1n) is 11.6. The number of nitrogen functional groups attached to an aromatic ring is 1. The van der Waals surface area contributed by atoms with E-state index in [2.05, 4.69) is 19.9 Å². The van der Waals surface area contributed by atoms with Crippen molar-refractivity contribution in [3.05, 3.63) is 88.6 Å². The summed E-state index contributed by atoms with van der Waals surface area (Å²) in [4.78, 5) is 32.8. The van der Waals surface area contributed by atoms with E-state index in [0.717, 1.165) is 5.56 Å². The minimum Gasteiger partial charge on any atom is -0.480 e. The Labute approximate surface area is 213 Å². The first-order chi connectivity index (χ1) is 17.9. The highest BCUT2D eigenvalue weighted by molar-refractivity contribution is 5.98. The summed E-state index contributed by atoms with van der Waals surface area (Å²) >= 11 is 0. The number of nitrogens with two attached hydrogens (primary N) is 1. The molecule has 2 aromatic carbocycles. The molecular weight excluding hydrogens is 475 g/mol. The van der Waals surface area contributed by atoms with Gasteiger partial charge in [0.05, 0.1) is 42.8 Å². The molecule has 4 aromatic rings. The van der Waals surface area contributed by atoms with E-state index < -0.39 is 11.9 Å². The Morgan fingerprint density at radius 1 is 1.05 bits per heavy atom. The Morgan fingerprint density at radius 3 is 2.57 bits per heavy atom. The molecule has 188 valence electrons. The van der Waals surface area contributed by atoms with E-state index in [1.165, 1.54) is 32.5 Å². The van der Waals surface area contributed by atoms with Gasteiger partial charge in [0.25, 0.3) is 5.91 Å². The van der Waals surface area contributed by atoms with Crippen LogP contribution in [0, 0.1) is 12.7 Å². The quantitative estimate of drug-likeness (QED) is 0.424. The summed E-state index contributed by atoms with van der Waals surface area (Å²) in [6.07, 6.45) is 1.88. The topological polar surface area (TPSA) is 116 Å². The molecule has 0 radical (unpaired) electrons. The lowest BCUT2D eigenvalue weighted by Gasteiger charge is -2.38. The van der Waals surface area contributed by atoms with Gasteiger partial charge in [0.15, 0.2) is 0 Å².